The number of benzene rings is 1. The average molecular weight is 312 g/mol. The summed E-state index contributed by atoms with van der Waals surface area (Å²) in [4.78, 5) is 14.3. The van der Waals surface area contributed by atoms with E-state index < -0.39 is 0 Å². The van der Waals surface area contributed by atoms with E-state index in [-0.39, 0.29) is 30.3 Å². The summed E-state index contributed by atoms with van der Waals surface area (Å²) < 4.78 is 0. The van der Waals surface area contributed by atoms with Crippen LogP contribution in [0.1, 0.15) is 19.8 Å². The van der Waals surface area contributed by atoms with E-state index >= 15 is 0 Å². The van der Waals surface area contributed by atoms with E-state index in [4.69, 9.17) is 0 Å². The summed E-state index contributed by atoms with van der Waals surface area (Å²) in [7, 11) is 2.07. The molecule has 21 heavy (non-hydrogen) atoms. The fraction of sp³-hybridized carbons (Fsp3) is 0.562. The molecule has 1 fully saturated rings. The lowest BCUT2D eigenvalue weighted by molar-refractivity contribution is -0.125. The van der Waals surface area contributed by atoms with Gasteiger partial charge in [-0.3, -0.25) is 4.79 Å². The van der Waals surface area contributed by atoms with Gasteiger partial charge in [0, 0.05) is 31.2 Å². The van der Waals surface area contributed by atoms with Gasteiger partial charge in [-0.25, -0.2) is 0 Å². The zero-order valence-electron chi connectivity index (χ0n) is 12.8. The van der Waals surface area contributed by atoms with Crippen molar-refractivity contribution < 1.29 is 4.79 Å². The van der Waals surface area contributed by atoms with E-state index in [1.807, 2.05) is 18.2 Å². The van der Waals surface area contributed by atoms with Gasteiger partial charge in [0.05, 0.1) is 0 Å². The molecule has 0 spiro atoms. The van der Waals surface area contributed by atoms with E-state index in [1.54, 1.807) is 0 Å². The van der Waals surface area contributed by atoms with Crippen LogP contribution in [0.3, 0.4) is 0 Å². The molecule has 0 aliphatic carbocycles. The molecule has 1 aliphatic heterocycles. The van der Waals surface area contributed by atoms with Crippen molar-refractivity contribution in [2.75, 3.05) is 31.6 Å². The van der Waals surface area contributed by atoms with Gasteiger partial charge in [0.15, 0.2) is 0 Å². The highest BCUT2D eigenvalue weighted by Crippen LogP contribution is 2.14. The Labute approximate surface area is 133 Å². The average Bonchev–Trinajstić information content (AvgIpc) is 2.53. The Hall–Kier alpha value is -1.26. The Morgan fingerprint density at radius 1 is 1.33 bits per heavy atom. The first-order chi connectivity index (χ1) is 9.68. The van der Waals surface area contributed by atoms with Gasteiger partial charge in [0.1, 0.15) is 0 Å². The molecule has 1 saturated heterocycles. The summed E-state index contributed by atoms with van der Waals surface area (Å²) in [6.07, 6.45) is 1.91. The number of halogens is 1. The van der Waals surface area contributed by atoms with E-state index in [0.29, 0.717) is 6.54 Å². The fourth-order valence-electron chi connectivity index (χ4n) is 2.53. The third-order valence-corrected chi connectivity index (χ3v) is 4.11. The minimum Gasteiger partial charge on any atom is -0.370 e. The molecule has 0 radical (unpaired) electrons. The van der Waals surface area contributed by atoms with E-state index in [0.717, 1.165) is 25.9 Å². The lowest BCUT2D eigenvalue weighted by Crippen LogP contribution is -2.44. The second-order valence-electron chi connectivity index (χ2n) is 5.56. The number of hydrogen-bond acceptors (Lipinski definition) is 3. The first kappa shape index (κ1) is 17.8. The number of carbonyl (C=O) groups is 1. The minimum atomic E-state index is 0. The standard InChI is InChI=1S/C16H25N3O.ClH/c1-13(19(2)15-6-4-3-5-7-15)12-18-16(20)14-8-10-17-11-9-14;/h3-7,13-14,17H,8-12H2,1-2H3,(H,18,20);1H. The highest BCUT2D eigenvalue weighted by Gasteiger charge is 2.21. The van der Waals surface area contributed by atoms with Crippen molar-refractivity contribution in [2.45, 2.75) is 25.8 Å². The maximum Gasteiger partial charge on any atom is 0.223 e. The molecule has 1 unspecified atom stereocenters. The number of nitrogens with zero attached hydrogens (tertiary/aromatic N) is 1. The zero-order chi connectivity index (χ0) is 14.4. The summed E-state index contributed by atoms with van der Waals surface area (Å²) in [6, 6.07) is 10.5. The molecular formula is C16H26ClN3O. The van der Waals surface area contributed by atoms with Crippen LogP contribution in [0.5, 0.6) is 0 Å². The number of piperidine rings is 1. The predicted octanol–water partition coefficient (Wildman–Crippen LogP) is 2.05. The molecule has 5 heteroatoms. The molecule has 1 amide bonds. The van der Waals surface area contributed by atoms with Crippen molar-refractivity contribution in [3.8, 4) is 0 Å². The summed E-state index contributed by atoms with van der Waals surface area (Å²) >= 11 is 0. The van der Waals surface area contributed by atoms with Crippen LogP contribution < -0.4 is 15.5 Å². The summed E-state index contributed by atoms with van der Waals surface area (Å²) in [6.45, 7) is 4.74. The maximum atomic E-state index is 12.1. The number of likely N-dealkylation sites (N-methyl/N-ethyl adjacent to an activating group) is 1. The highest BCUT2D eigenvalue weighted by molar-refractivity contribution is 5.85. The highest BCUT2D eigenvalue weighted by atomic mass is 35.5. The van der Waals surface area contributed by atoms with Crippen LogP contribution in [0.25, 0.3) is 0 Å². The molecule has 1 atom stereocenters. The van der Waals surface area contributed by atoms with E-state index in [1.165, 1.54) is 5.69 Å². The molecular weight excluding hydrogens is 286 g/mol. The van der Waals surface area contributed by atoms with Gasteiger partial charge in [0.2, 0.25) is 5.91 Å². The molecule has 1 aromatic rings. The van der Waals surface area contributed by atoms with E-state index in [2.05, 4.69) is 41.6 Å². The Balaban J connectivity index is 0.00000220. The maximum absolute atomic E-state index is 12.1. The van der Waals surface area contributed by atoms with Crippen molar-refractivity contribution >= 4 is 24.0 Å². The van der Waals surface area contributed by atoms with E-state index in [9.17, 15) is 4.79 Å². The second-order valence-corrected chi connectivity index (χ2v) is 5.56. The molecule has 0 saturated carbocycles. The van der Waals surface area contributed by atoms with Crippen molar-refractivity contribution in [3.05, 3.63) is 30.3 Å². The number of para-hydroxylation sites is 1. The Bertz CT molecular complexity index is 421. The molecule has 2 N–H and O–H groups in total. The molecule has 0 bridgehead atoms. The number of carbonyl (C=O) groups excluding carboxylic acids is 1. The van der Waals surface area contributed by atoms with Gasteiger partial charge in [0.25, 0.3) is 0 Å². The van der Waals surface area contributed by atoms with Crippen LogP contribution in [0.2, 0.25) is 0 Å². The summed E-state index contributed by atoms with van der Waals surface area (Å²) in [5.41, 5.74) is 1.18. The number of nitrogens with one attached hydrogen (secondary N) is 2. The summed E-state index contributed by atoms with van der Waals surface area (Å²) in [5.74, 6) is 0.394. The first-order valence-corrected chi connectivity index (χ1v) is 7.45. The molecule has 1 aromatic carbocycles. The van der Waals surface area contributed by atoms with Gasteiger partial charge in [-0.05, 0) is 45.0 Å². The number of hydrogen-bond donors (Lipinski definition) is 2. The zero-order valence-corrected chi connectivity index (χ0v) is 13.7. The van der Waals surface area contributed by atoms with Crippen LogP contribution in [-0.2, 0) is 4.79 Å². The van der Waals surface area contributed by atoms with Crippen molar-refractivity contribution in [1.82, 2.24) is 10.6 Å². The third kappa shape index (κ3) is 5.21. The van der Waals surface area contributed by atoms with Crippen molar-refractivity contribution in [2.24, 2.45) is 5.92 Å². The largest absolute Gasteiger partial charge is 0.370 e. The number of amides is 1. The van der Waals surface area contributed by atoms with Crippen LogP contribution in [0, 0.1) is 5.92 Å². The van der Waals surface area contributed by atoms with Crippen LogP contribution in [-0.4, -0.2) is 38.6 Å². The molecule has 2 rings (SSSR count). The van der Waals surface area contributed by atoms with Crippen LogP contribution in [0.4, 0.5) is 5.69 Å². The molecule has 118 valence electrons. The Morgan fingerprint density at radius 3 is 2.57 bits per heavy atom. The smallest absolute Gasteiger partial charge is 0.223 e. The third-order valence-electron chi connectivity index (χ3n) is 4.11. The van der Waals surface area contributed by atoms with Gasteiger partial charge in [-0.15, -0.1) is 12.4 Å². The minimum absolute atomic E-state index is 0. The van der Waals surface area contributed by atoms with Gasteiger partial charge in [-0.2, -0.15) is 0 Å². The Morgan fingerprint density at radius 2 is 1.95 bits per heavy atom. The topological polar surface area (TPSA) is 44.4 Å². The second kappa shape index (κ2) is 8.90. The van der Waals surface area contributed by atoms with Crippen molar-refractivity contribution in [3.63, 3.8) is 0 Å². The molecule has 4 nitrogen and oxygen atoms in total. The fourth-order valence-corrected chi connectivity index (χ4v) is 2.53. The first-order valence-electron chi connectivity index (χ1n) is 7.45. The lowest BCUT2D eigenvalue weighted by Gasteiger charge is -2.28. The van der Waals surface area contributed by atoms with Crippen LogP contribution in [0.15, 0.2) is 30.3 Å². The normalized spacial score (nSPS) is 16.7. The monoisotopic (exact) mass is 311 g/mol. The predicted molar refractivity (Wildman–Crippen MR) is 90.2 cm³/mol. The number of anilines is 1. The Kier molecular flexibility index (Phi) is 7.54. The quantitative estimate of drug-likeness (QED) is 0.875. The van der Waals surface area contributed by atoms with Gasteiger partial charge in [-0.1, -0.05) is 18.2 Å². The van der Waals surface area contributed by atoms with Crippen LogP contribution >= 0.6 is 12.4 Å². The SMILES string of the molecule is CC(CNC(=O)C1CCNCC1)N(C)c1ccccc1.Cl. The van der Waals surface area contributed by atoms with Gasteiger partial charge < -0.3 is 15.5 Å². The van der Waals surface area contributed by atoms with Crippen molar-refractivity contribution in [1.29, 1.82) is 0 Å². The lowest BCUT2D eigenvalue weighted by atomic mass is 9.97. The summed E-state index contributed by atoms with van der Waals surface area (Å²) in [5, 5.41) is 6.38. The number of rotatable bonds is 5. The molecule has 1 aliphatic rings. The van der Waals surface area contributed by atoms with Gasteiger partial charge >= 0.3 is 0 Å². The molecule has 0 aromatic heterocycles. The molecule has 1 heterocycles.